The molecule has 2 aromatic carbocycles. The molecule has 1 aromatic heterocycles. The van der Waals surface area contributed by atoms with E-state index in [1.54, 1.807) is 11.6 Å². The molecule has 0 saturated carbocycles. The van der Waals surface area contributed by atoms with Gasteiger partial charge in [0.1, 0.15) is 0 Å². The molecule has 1 fully saturated rings. The molecule has 0 spiro atoms. The Morgan fingerprint density at radius 1 is 1.28 bits per heavy atom. The maximum absolute atomic E-state index is 11.2. The predicted octanol–water partition coefficient (Wildman–Crippen LogP) is 3.95. The first-order chi connectivity index (χ1) is 14.2. The molecule has 2 atom stereocenters. The zero-order chi connectivity index (χ0) is 20.2. The molecule has 2 unspecified atom stereocenters. The van der Waals surface area contributed by atoms with Crippen LogP contribution >= 0.6 is 0 Å². The van der Waals surface area contributed by atoms with Crippen LogP contribution in [0.5, 0.6) is 0 Å². The fraction of sp³-hybridized carbons (Fsp3) is 0.304. The van der Waals surface area contributed by atoms with Gasteiger partial charge in [-0.05, 0) is 55.6 Å². The van der Waals surface area contributed by atoms with Crippen molar-refractivity contribution in [1.29, 1.82) is 0 Å². The summed E-state index contributed by atoms with van der Waals surface area (Å²) in [5.41, 5.74) is 5.83. The van der Waals surface area contributed by atoms with Crippen LogP contribution in [0, 0.1) is 0 Å². The minimum atomic E-state index is -0.551. The van der Waals surface area contributed by atoms with Gasteiger partial charge in [-0.15, -0.1) is 0 Å². The van der Waals surface area contributed by atoms with Gasteiger partial charge in [0.2, 0.25) is 0 Å². The number of piperidine rings is 1. The molecular formula is C23H26N4O2. The Balaban J connectivity index is 1.53. The third kappa shape index (κ3) is 4.23. The summed E-state index contributed by atoms with van der Waals surface area (Å²) in [6.07, 6.45) is 7.19. The Kier molecular flexibility index (Phi) is 5.74. The summed E-state index contributed by atoms with van der Waals surface area (Å²) < 4.78 is 2.28. The van der Waals surface area contributed by atoms with Gasteiger partial charge in [-0.1, -0.05) is 36.4 Å². The second-order valence-electron chi connectivity index (χ2n) is 7.59. The van der Waals surface area contributed by atoms with E-state index in [2.05, 4.69) is 57.8 Å². The molecule has 4 rings (SSSR count). The summed E-state index contributed by atoms with van der Waals surface area (Å²) in [6, 6.07) is 17.4. The number of hydrogen-bond acceptors (Lipinski definition) is 4. The monoisotopic (exact) mass is 390 g/mol. The summed E-state index contributed by atoms with van der Waals surface area (Å²) in [6.45, 7) is 4.39. The highest BCUT2D eigenvalue weighted by Crippen LogP contribution is 2.31. The topological polar surface area (TPSA) is 70.4 Å². The fourth-order valence-corrected chi connectivity index (χ4v) is 4.16. The summed E-state index contributed by atoms with van der Waals surface area (Å²) >= 11 is 0. The molecule has 6 heteroatoms. The quantitative estimate of drug-likeness (QED) is 0.393. The average Bonchev–Trinajstić information content (AvgIpc) is 3.21. The van der Waals surface area contributed by atoms with Crippen LogP contribution in [0.3, 0.4) is 0 Å². The third-order valence-electron chi connectivity index (χ3n) is 5.79. The van der Waals surface area contributed by atoms with Gasteiger partial charge in [-0.25, -0.2) is 10.5 Å². The second kappa shape index (κ2) is 8.59. The van der Waals surface area contributed by atoms with Crippen LogP contribution in [-0.2, 0) is 4.79 Å². The number of likely N-dealkylation sites (tertiary alicyclic amines) is 1. The van der Waals surface area contributed by atoms with Gasteiger partial charge in [0.25, 0.3) is 5.91 Å². The van der Waals surface area contributed by atoms with Crippen molar-refractivity contribution in [3.63, 3.8) is 0 Å². The van der Waals surface area contributed by atoms with Crippen LogP contribution in [0.1, 0.15) is 43.0 Å². The molecule has 29 heavy (non-hydrogen) atoms. The molecular weight excluding hydrogens is 364 g/mol. The third-order valence-corrected chi connectivity index (χ3v) is 5.79. The molecule has 0 bridgehead atoms. The van der Waals surface area contributed by atoms with Gasteiger partial charge in [-0.3, -0.25) is 14.9 Å². The molecule has 1 amide bonds. The van der Waals surface area contributed by atoms with Crippen molar-refractivity contribution in [3.05, 3.63) is 72.1 Å². The van der Waals surface area contributed by atoms with E-state index in [1.165, 1.54) is 18.1 Å². The first kappa shape index (κ1) is 19.4. The maximum Gasteiger partial charge on any atom is 0.267 e. The number of amides is 1. The molecule has 6 nitrogen and oxygen atoms in total. The van der Waals surface area contributed by atoms with Gasteiger partial charge in [0.05, 0.1) is 17.4 Å². The summed E-state index contributed by atoms with van der Waals surface area (Å²) in [7, 11) is 0. The van der Waals surface area contributed by atoms with Crippen molar-refractivity contribution in [1.82, 2.24) is 19.9 Å². The van der Waals surface area contributed by atoms with E-state index in [0.29, 0.717) is 12.1 Å². The number of imidazole rings is 1. The zero-order valence-corrected chi connectivity index (χ0v) is 16.5. The molecule has 1 aliphatic heterocycles. The van der Waals surface area contributed by atoms with Crippen molar-refractivity contribution in [2.24, 2.45) is 0 Å². The Labute approximate surface area is 170 Å². The molecule has 2 heterocycles. The first-order valence-electron chi connectivity index (χ1n) is 10.0. The standard InChI is InChI=1S/C23H26N4O2/c1-17(19-6-3-2-4-7-19)26-13-5-8-20(15-26)27-16-24-21-14-18(9-11-22(21)27)10-12-23(28)25-29/h2-4,6-7,9-12,14,16-17,20,29H,5,8,13,15H2,1H3,(H,25,28)/b12-10+. The van der Waals surface area contributed by atoms with Crippen LogP contribution in [0.4, 0.5) is 0 Å². The molecule has 1 saturated heterocycles. The molecule has 2 N–H and O–H groups in total. The highest BCUT2D eigenvalue weighted by molar-refractivity contribution is 5.91. The van der Waals surface area contributed by atoms with E-state index in [1.807, 2.05) is 18.5 Å². The number of benzene rings is 2. The van der Waals surface area contributed by atoms with E-state index in [0.717, 1.165) is 36.1 Å². The van der Waals surface area contributed by atoms with Crippen molar-refractivity contribution in [3.8, 4) is 0 Å². The minimum Gasteiger partial charge on any atom is -0.326 e. The van der Waals surface area contributed by atoms with Gasteiger partial charge in [-0.2, -0.15) is 0 Å². The van der Waals surface area contributed by atoms with Gasteiger partial charge in [0, 0.05) is 24.7 Å². The number of hydrogen-bond donors (Lipinski definition) is 2. The second-order valence-corrected chi connectivity index (χ2v) is 7.59. The van der Waals surface area contributed by atoms with Gasteiger partial charge in [0.15, 0.2) is 0 Å². The van der Waals surface area contributed by atoms with E-state index in [4.69, 9.17) is 5.21 Å². The lowest BCUT2D eigenvalue weighted by atomic mass is 10.00. The number of carbonyl (C=O) groups is 1. The Morgan fingerprint density at radius 3 is 2.90 bits per heavy atom. The van der Waals surface area contributed by atoms with Gasteiger partial charge >= 0.3 is 0 Å². The highest BCUT2D eigenvalue weighted by atomic mass is 16.5. The maximum atomic E-state index is 11.2. The number of nitrogens with zero attached hydrogens (tertiary/aromatic N) is 3. The van der Waals surface area contributed by atoms with E-state index < -0.39 is 5.91 Å². The van der Waals surface area contributed by atoms with Crippen LogP contribution in [0.2, 0.25) is 0 Å². The predicted molar refractivity (Wildman–Crippen MR) is 113 cm³/mol. The first-order valence-corrected chi connectivity index (χ1v) is 10.0. The Hall–Kier alpha value is -2.96. The molecule has 3 aromatic rings. The summed E-state index contributed by atoms with van der Waals surface area (Å²) in [4.78, 5) is 18.3. The fourth-order valence-electron chi connectivity index (χ4n) is 4.16. The molecule has 0 radical (unpaired) electrons. The zero-order valence-electron chi connectivity index (χ0n) is 16.5. The van der Waals surface area contributed by atoms with Crippen molar-refractivity contribution in [2.75, 3.05) is 13.1 Å². The summed E-state index contributed by atoms with van der Waals surface area (Å²) in [5, 5.41) is 8.59. The Bertz CT molecular complexity index is 1010. The number of carbonyl (C=O) groups excluding carboxylic acids is 1. The van der Waals surface area contributed by atoms with E-state index >= 15 is 0 Å². The molecule has 1 aliphatic rings. The Morgan fingerprint density at radius 2 is 2.10 bits per heavy atom. The number of aromatic nitrogens is 2. The largest absolute Gasteiger partial charge is 0.326 e. The number of hydroxylamine groups is 1. The highest BCUT2D eigenvalue weighted by Gasteiger charge is 2.26. The lowest BCUT2D eigenvalue weighted by Crippen LogP contribution is -2.38. The van der Waals surface area contributed by atoms with E-state index in [9.17, 15) is 4.79 Å². The van der Waals surface area contributed by atoms with Crippen molar-refractivity contribution in [2.45, 2.75) is 31.8 Å². The minimum absolute atomic E-state index is 0.390. The smallest absolute Gasteiger partial charge is 0.267 e. The lowest BCUT2D eigenvalue weighted by Gasteiger charge is -2.37. The normalized spacial score (nSPS) is 18.9. The number of nitrogens with one attached hydrogen (secondary N) is 1. The molecule has 150 valence electrons. The van der Waals surface area contributed by atoms with Crippen molar-refractivity contribution >= 4 is 23.0 Å². The van der Waals surface area contributed by atoms with Gasteiger partial charge < -0.3 is 4.57 Å². The average molecular weight is 390 g/mol. The van der Waals surface area contributed by atoms with E-state index in [-0.39, 0.29) is 0 Å². The summed E-state index contributed by atoms with van der Waals surface area (Å²) in [5.74, 6) is -0.551. The van der Waals surface area contributed by atoms with Crippen LogP contribution in [0.15, 0.2) is 60.9 Å². The lowest BCUT2D eigenvalue weighted by molar-refractivity contribution is -0.124. The molecule has 0 aliphatic carbocycles. The van der Waals surface area contributed by atoms with Crippen molar-refractivity contribution < 1.29 is 10.0 Å². The SMILES string of the molecule is CC(c1ccccc1)N1CCCC(n2cnc3cc(/C=C/C(=O)NO)ccc32)C1. The number of fused-ring (bicyclic) bond motifs is 1. The van der Waals surface area contributed by atoms with Crippen LogP contribution in [0.25, 0.3) is 17.1 Å². The van der Waals surface area contributed by atoms with Crippen LogP contribution in [-0.4, -0.2) is 38.7 Å². The number of rotatable bonds is 5. The van der Waals surface area contributed by atoms with Crippen LogP contribution < -0.4 is 5.48 Å².